The molecule has 27 heavy (non-hydrogen) atoms. The number of hydrogen-bond donors (Lipinski definition) is 3. The van der Waals surface area contributed by atoms with E-state index in [2.05, 4.69) is 15.3 Å². The van der Waals surface area contributed by atoms with E-state index in [0.717, 1.165) is 12.1 Å². The van der Waals surface area contributed by atoms with E-state index in [1.807, 2.05) is 10.8 Å². The molecule has 1 amide bonds. The molecule has 6 nitrogen and oxygen atoms in total. The number of nitrogens with one attached hydrogen (secondary N) is 2. The van der Waals surface area contributed by atoms with Gasteiger partial charge in [-0.25, -0.2) is 9.37 Å². The van der Waals surface area contributed by atoms with Crippen molar-refractivity contribution in [2.45, 2.75) is 31.5 Å². The van der Waals surface area contributed by atoms with E-state index in [0.29, 0.717) is 24.0 Å². The van der Waals surface area contributed by atoms with Crippen LogP contribution in [0.5, 0.6) is 0 Å². The summed E-state index contributed by atoms with van der Waals surface area (Å²) in [4.78, 5) is 19.7. The second kappa shape index (κ2) is 7.36. The standard InChI is InChI=1S/C20H21FN4O2/c21-15-3-1-14(2-4-15)16-9-23-10-17(16)20(27)24-18-7-13(8-19(18)26)11-25-6-5-22-12-25/h1-6,9-10,12-13,18-19,23,26H,7-8,11H2,(H,24,27)/t13?,18-,19-/m1/s1. The number of rotatable bonds is 5. The van der Waals surface area contributed by atoms with Crippen LogP contribution in [0.1, 0.15) is 23.2 Å². The molecular weight excluding hydrogens is 347 g/mol. The summed E-state index contributed by atoms with van der Waals surface area (Å²) in [5, 5.41) is 13.3. The maximum absolute atomic E-state index is 13.2. The van der Waals surface area contributed by atoms with E-state index in [1.165, 1.54) is 12.1 Å². The molecule has 0 spiro atoms. The van der Waals surface area contributed by atoms with Gasteiger partial charge in [-0.05, 0) is 36.5 Å². The van der Waals surface area contributed by atoms with Crippen molar-refractivity contribution in [3.63, 3.8) is 0 Å². The van der Waals surface area contributed by atoms with Gasteiger partial charge in [-0.3, -0.25) is 4.79 Å². The first kappa shape index (κ1) is 17.5. The van der Waals surface area contributed by atoms with Gasteiger partial charge in [0.1, 0.15) is 5.82 Å². The van der Waals surface area contributed by atoms with Crippen LogP contribution in [0.15, 0.2) is 55.4 Å². The Morgan fingerprint density at radius 3 is 2.85 bits per heavy atom. The summed E-state index contributed by atoms with van der Waals surface area (Å²) in [5.74, 6) is -0.288. The summed E-state index contributed by atoms with van der Waals surface area (Å²) in [6.07, 6.45) is 9.50. The molecule has 1 saturated carbocycles. The second-order valence-corrected chi connectivity index (χ2v) is 7.03. The number of hydrogen-bond acceptors (Lipinski definition) is 3. The number of carbonyl (C=O) groups excluding carboxylic acids is 1. The molecule has 140 valence electrons. The number of aliphatic hydroxyl groups is 1. The molecule has 1 aliphatic carbocycles. The third-order valence-electron chi connectivity index (χ3n) is 5.12. The Morgan fingerprint density at radius 1 is 1.30 bits per heavy atom. The highest BCUT2D eigenvalue weighted by Gasteiger charge is 2.34. The lowest BCUT2D eigenvalue weighted by Crippen LogP contribution is -2.40. The summed E-state index contributed by atoms with van der Waals surface area (Å²) in [7, 11) is 0. The van der Waals surface area contributed by atoms with Gasteiger partial charge in [-0.1, -0.05) is 12.1 Å². The molecule has 0 saturated heterocycles. The van der Waals surface area contributed by atoms with Gasteiger partial charge in [0.15, 0.2) is 0 Å². The summed E-state index contributed by atoms with van der Waals surface area (Å²) in [5.41, 5.74) is 1.94. The molecule has 1 aromatic carbocycles. The predicted molar refractivity (Wildman–Crippen MR) is 98.4 cm³/mol. The lowest BCUT2D eigenvalue weighted by molar-refractivity contribution is 0.0873. The van der Waals surface area contributed by atoms with E-state index < -0.39 is 6.10 Å². The maximum atomic E-state index is 13.2. The topological polar surface area (TPSA) is 82.9 Å². The fraction of sp³-hybridized carbons (Fsp3) is 0.300. The minimum atomic E-state index is -0.573. The Balaban J connectivity index is 1.44. The molecule has 2 aromatic heterocycles. The van der Waals surface area contributed by atoms with Crippen molar-refractivity contribution in [1.29, 1.82) is 0 Å². The quantitative estimate of drug-likeness (QED) is 0.647. The second-order valence-electron chi connectivity index (χ2n) is 7.03. The van der Waals surface area contributed by atoms with Gasteiger partial charge in [0.05, 0.1) is 24.0 Å². The van der Waals surface area contributed by atoms with Gasteiger partial charge in [-0.2, -0.15) is 0 Å². The van der Waals surface area contributed by atoms with Gasteiger partial charge in [0, 0.05) is 36.9 Å². The van der Waals surface area contributed by atoms with E-state index in [9.17, 15) is 14.3 Å². The van der Waals surface area contributed by atoms with Crippen molar-refractivity contribution in [2.75, 3.05) is 0 Å². The SMILES string of the molecule is O=C(N[C@@H]1CC(Cn2ccnc2)C[C@H]1O)c1c[nH]cc1-c1ccc(F)cc1. The number of halogens is 1. The first-order chi connectivity index (χ1) is 13.1. The van der Waals surface area contributed by atoms with Gasteiger partial charge in [0.25, 0.3) is 5.91 Å². The van der Waals surface area contributed by atoms with Crippen LogP contribution >= 0.6 is 0 Å². The zero-order valence-electron chi connectivity index (χ0n) is 14.7. The lowest BCUT2D eigenvalue weighted by atomic mass is 10.0. The summed E-state index contributed by atoms with van der Waals surface area (Å²) >= 11 is 0. The molecular formula is C20H21FN4O2. The zero-order valence-corrected chi connectivity index (χ0v) is 14.7. The third kappa shape index (κ3) is 3.78. The summed E-state index contributed by atoms with van der Waals surface area (Å²) < 4.78 is 15.1. The Kier molecular flexibility index (Phi) is 4.77. The van der Waals surface area contributed by atoms with Gasteiger partial charge in [-0.15, -0.1) is 0 Å². The van der Waals surface area contributed by atoms with Crippen LogP contribution in [0, 0.1) is 11.7 Å². The highest BCUT2D eigenvalue weighted by atomic mass is 19.1. The number of benzene rings is 1. The minimum Gasteiger partial charge on any atom is -0.391 e. The molecule has 3 atom stereocenters. The Hall–Kier alpha value is -2.93. The number of aliphatic hydroxyl groups excluding tert-OH is 1. The van der Waals surface area contributed by atoms with Crippen LogP contribution in [0.3, 0.4) is 0 Å². The largest absolute Gasteiger partial charge is 0.391 e. The Bertz CT molecular complexity index is 904. The molecule has 2 heterocycles. The van der Waals surface area contributed by atoms with Crippen LogP contribution in [0.25, 0.3) is 11.1 Å². The third-order valence-corrected chi connectivity index (χ3v) is 5.12. The zero-order chi connectivity index (χ0) is 18.8. The number of aromatic nitrogens is 3. The molecule has 0 bridgehead atoms. The number of imidazole rings is 1. The molecule has 1 unspecified atom stereocenters. The maximum Gasteiger partial charge on any atom is 0.253 e. The van der Waals surface area contributed by atoms with E-state index in [4.69, 9.17) is 0 Å². The first-order valence-corrected chi connectivity index (χ1v) is 8.97. The molecule has 1 fully saturated rings. The average Bonchev–Trinajstić information content (AvgIpc) is 3.38. The van der Waals surface area contributed by atoms with Crippen LogP contribution in [0.2, 0.25) is 0 Å². The molecule has 7 heteroatoms. The van der Waals surface area contributed by atoms with Crippen molar-refractivity contribution < 1.29 is 14.3 Å². The fourth-order valence-electron chi connectivity index (χ4n) is 3.78. The van der Waals surface area contributed by atoms with Crippen molar-refractivity contribution in [3.8, 4) is 11.1 Å². The molecule has 3 N–H and O–H groups in total. The van der Waals surface area contributed by atoms with E-state index >= 15 is 0 Å². The normalized spacial score (nSPS) is 22.1. The molecule has 3 aromatic rings. The summed E-state index contributed by atoms with van der Waals surface area (Å²) in [6, 6.07) is 5.72. The smallest absolute Gasteiger partial charge is 0.253 e. The highest BCUT2D eigenvalue weighted by molar-refractivity contribution is 6.01. The van der Waals surface area contributed by atoms with Crippen LogP contribution < -0.4 is 5.32 Å². The van der Waals surface area contributed by atoms with Crippen molar-refractivity contribution in [1.82, 2.24) is 19.9 Å². The predicted octanol–water partition coefficient (Wildman–Crippen LogP) is 2.59. The minimum absolute atomic E-state index is 0.247. The molecule has 0 aliphatic heterocycles. The van der Waals surface area contributed by atoms with Crippen molar-refractivity contribution in [2.24, 2.45) is 5.92 Å². The first-order valence-electron chi connectivity index (χ1n) is 8.97. The molecule has 4 rings (SSSR count). The number of aromatic amines is 1. The van der Waals surface area contributed by atoms with Crippen molar-refractivity contribution >= 4 is 5.91 Å². The average molecular weight is 368 g/mol. The Labute approximate surface area is 156 Å². The highest BCUT2D eigenvalue weighted by Crippen LogP contribution is 2.29. The van der Waals surface area contributed by atoms with Crippen LogP contribution in [0.4, 0.5) is 4.39 Å². The number of amides is 1. The van der Waals surface area contributed by atoms with Gasteiger partial charge < -0.3 is 20.0 Å². The molecule has 0 radical (unpaired) electrons. The number of nitrogens with zero attached hydrogens (tertiary/aromatic N) is 2. The van der Waals surface area contributed by atoms with E-state index in [-0.39, 0.29) is 23.7 Å². The van der Waals surface area contributed by atoms with Gasteiger partial charge >= 0.3 is 0 Å². The van der Waals surface area contributed by atoms with E-state index in [1.54, 1.807) is 37.1 Å². The van der Waals surface area contributed by atoms with Crippen molar-refractivity contribution in [3.05, 3.63) is 66.8 Å². The van der Waals surface area contributed by atoms with Crippen LogP contribution in [-0.4, -0.2) is 37.7 Å². The van der Waals surface area contributed by atoms with Gasteiger partial charge in [0.2, 0.25) is 0 Å². The number of H-pyrrole nitrogens is 1. The monoisotopic (exact) mass is 368 g/mol. The van der Waals surface area contributed by atoms with Crippen LogP contribution in [-0.2, 0) is 6.54 Å². The Morgan fingerprint density at radius 2 is 2.11 bits per heavy atom. The fourth-order valence-corrected chi connectivity index (χ4v) is 3.78. The molecule has 1 aliphatic rings. The summed E-state index contributed by atoms with van der Waals surface area (Å²) in [6.45, 7) is 0.772. The number of carbonyl (C=O) groups is 1. The lowest BCUT2D eigenvalue weighted by Gasteiger charge is -2.16.